The third-order valence-electron chi connectivity index (χ3n) is 4.99. The van der Waals surface area contributed by atoms with E-state index < -0.39 is 0 Å². The number of guanidine groups is 1. The summed E-state index contributed by atoms with van der Waals surface area (Å²) in [6, 6.07) is 6.80. The van der Waals surface area contributed by atoms with Crippen LogP contribution in [0.1, 0.15) is 35.9 Å². The molecule has 0 amide bonds. The van der Waals surface area contributed by atoms with E-state index in [4.69, 9.17) is 9.15 Å². The fourth-order valence-corrected chi connectivity index (χ4v) is 3.32. The van der Waals surface area contributed by atoms with Crippen LogP contribution in [0.25, 0.3) is 0 Å². The molecule has 2 heterocycles. The van der Waals surface area contributed by atoms with Crippen LogP contribution in [0.3, 0.4) is 0 Å². The summed E-state index contributed by atoms with van der Waals surface area (Å²) in [6.07, 6.45) is 0. The van der Waals surface area contributed by atoms with Gasteiger partial charge < -0.3 is 19.8 Å². The molecule has 1 aliphatic rings. The Balaban J connectivity index is 0.00000320. The van der Waals surface area contributed by atoms with E-state index in [9.17, 15) is 4.39 Å². The predicted octanol–water partition coefficient (Wildman–Crippen LogP) is 3.18. The standard InChI is InChI=1S/C21H30FN5O2.HI/c1-4-23-21(25-14-20-26-15(2)16(3)29-20)24-13-19(27-9-11-28-12-10-27)17-5-7-18(22)8-6-17;/h5-8,19H,4,9-14H2,1-3H3,(H2,23,24,25);1H. The molecule has 166 valence electrons. The first kappa shape index (κ1) is 24.5. The zero-order valence-electron chi connectivity index (χ0n) is 17.8. The van der Waals surface area contributed by atoms with Crippen molar-refractivity contribution in [2.45, 2.75) is 33.4 Å². The largest absolute Gasteiger partial charge is 0.444 e. The van der Waals surface area contributed by atoms with Crippen LogP contribution in [0.15, 0.2) is 33.7 Å². The highest BCUT2D eigenvalue weighted by molar-refractivity contribution is 14.0. The van der Waals surface area contributed by atoms with Crippen LogP contribution in [-0.2, 0) is 11.3 Å². The lowest BCUT2D eigenvalue weighted by molar-refractivity contribution is 0.0170. The summed E-state index contributed by atoms with van der Waals surface area (Å²) in [4.78, 5) is 11.3. The van der Waals surface area contributed by atoms with E-state index in [0.717, 1.165) is 36.7 Å². The van der Waals surface area contributed by atoms with Crippen molar-refractivity contribution in [1.82, 2.24) is 20.5 Å². The highest BCUT2D eigenvalue weighted by Gasteiger charge is 2.23. The molecule has 1 aromatic heterocycles. The van der Waals surface area contributed by atoms with Crippen molar-refractivity contribution in [1.29, 1.82) is 0 Å². The second kappa shape index (κ2) is 12.2. The van der Waals surface area contributed by atoms with Crippen LogP contribution < -0.4 is 10.6 Å². The first-order valence-corrected chi connectivity index (χ1v) is 10.1. The second-order valence-corrected chi connectivity index (χ2v) is 7.04. The Morgan fingerprint density at radius 1 is 1.20 bits per heavy atom. The first-order chi connectivity index (χ1) is 14.1. The number of rotatable bonds is 7. The maximum Gasteiger partial charge on any atom is 0.216 e. The number of aromatic nitrogens is 1. The summed E-state index contributed by atoms with van der Waals surface area (Å²) < 4.78 is 24.5. The average Bonchev–Trinajstić information content (AvgIpc) is 3.05. The summed E-state index contributed by atoms with van der Waals surface area (Å²) in [5.74, 6) is 1.88. The SMILES string of the molecule is CCNC(=NCc1nc(C)c(C)o1)NCC(c1ccc(F)cc1)N1CCOCC1.I. The number of aryl methyl sites for hydroxylation is 2. The first-order valence-electron chi connectivity index (χ1n) is 10.1. The lowest BCUT2D eigenvalue weighted by Crippen LogP contribution is -2.46. The van der Waals surface area contributed by atoms with E-state index in [1.807, 2.05) is 32.9 Å². The molecule has 9 heteroatoms. The Morgan fingerprint density at radius 2 is 1.90 bits per heavy atom. The van der Waals surface area contributed by atoms with Gasteiger partial charge in [0.05, 0.1) is 24.9 Å². The molecule has 2 N–H and O–H groups in total. The number of hydrogen-bond acceptors (Lipinski definition) is 5. The third-order valence-corrected chi connectivity index (χ3v) is 4.99. The van der Waals surface area contributed by atoms with Gasteiger partial charge >= 0.3 is 0 Å². The van der Waals surface area contributed by atoms with Gasteiger partial charge in [0.25, 0.3) is 0 Å². The highest BCUT2D eigenvalue weighted by atomic mass is 127. The summed E-state index contributed by atoms with van der Waals surface area (Å²) >= 11 is 0. The van der Waals surface area contributed by atoms with Crippen molar-refractivity contribution in [2.75, 3.05) is 39.4 Å². The Labute approximate surface area is 194 Å². The number of aliphatic imine (C=N–C) groups is 1. The molecule has 1 fully saturated rings. The Hall–Kier alpha value is -1.72. The quantitative estimate of drug-likeness (QED) is 0.325. The molecule has 0 radical (unpaired) electrons. The van der Waals surface area contributed by atoms with Crippen molar-refractivity contribution in [2.24, 2.45) is 4.99 Å². The van der Waals surface area contributed by atoms with E-state index in [1.54, 1.807) is 0 Å². The minimum absolute atomic E-state index is 0. The van der Waals surface area contributed by atoms with Crippen LogP contribution in [0, 0.1) is 19.7 Å². The topological polar surface area (TPSA) is 74.9 Å². The molecule has 1 aliphatic heterocycles. The predicted molar refractivity (Wildman–Crippen MR) is 126 cm³/mol. The molecule has 7 nitrogen and oxygen atoms in total. The molecule has 0 saturated carbocycles. The summed E-state index contributed by atoms with van der Waals surface area (Å²) in [7, 11) is 0. The van der Waals surface area contributed by atoms with Crippen molar-refractivity contribution < 1.29 is 13.5 Å². The fraction of sp³-hybridized carbons (Fsp3) is 0.524. The number of nitrogens with one attached hydrogen (secondary N) is 2. The molecule has 3 rings (SSSR count). The number of benzene rings is 1. The summed E-state index contributed by atoms with van der Waals surface area (Å²) in [5.41, 5.74) is 1.95. The summed E-state index contributed by atoms with van der Waals surface area (Å²) in [6.45, 7) is 10.7. The van der Waals surface area contributed by atoms with Gasteiger partial charge in [0.1, 0.15) is 18.1 Å². The molecule has 1 saturated heterocycles. The van der Waals surface area contributed by atoms with Crippen LogP contribution in [0.2, 0.25) is 0 Å². The van der Waals surface area contributed by atoms with Gasteiger partial charge in [-0.2, -0.15) is 0 Å². The van der Waals surface area contributed by atoms with Crippen molar-refractivity contribution in [3.8, 4) is 0 Å². The molecular weight excluding hydrogens is 500 g/mol. The Kier molecular flexibility index (Phi) is 9.99. The smallest absolute Gasteiger partial charge is 0.216 e. The van der Waals surface area contributed by atoms with Crippen molar-refractivity contribution >= 4 is 29.9 Å². The average molecular weight is 531 g/mol. The zero-order valence-corrected chi connectivity index (χ0v) is 20.1. The summed E-state index contributed by atoms with van der Waals surface area (Å²) in [5, 5.41) is 6.68. The number of morpholine rings is 1. The van der Waals surface area contributed by atoms with Gasteiger partial charge in [-0.15, -0.1) is 24.0 Å². The molecule has 0 bridgehead atoms. The van der Waals surface area contributed by atoms with E-state index >= 15 is 0 Å². The normalized spacial score (nSPS) is 16.1. The molecule has 1 atom stereocenters. The van der Waals surface area contributed by atoms with E-state index in [-0.39, 0.29) is 35.8 Å². The number of ether oxygens (including phenoxy) is 1. The van der Waals surface area contributed by atoms with E-state index in [2.05, 4.69) is 25.5 Å². The Bertz CT molecular complexity index is 787. The molecule has 0 aliphatic carbocycles. The Morgan fingerprint density at radius 3 is 2.50 bits per heavy atom. The monoisotopic (exact) mass is 531 g/mol. The third kappa shape index (κ3) is 6.92. The van der Waals surface area contributed by atoms with Crippen molar-refractivity contribution in [3.05, 3.63) is 53.0 Å². The van der Waals surface area contributed by atoms with Crippen molar-refractivity contribution in [3.63, 3.8) is 0 Å². The molecule has 0 spiro atoms. The molecule has 2 aromatic rings. The van der Waals surface area contributed by atoms with Crippen LogP contribution in [-0.4, -0.2) is 55.2 Å². The number of nitrogens with zero attached hydrogens (tertiary/aromatic N) is 3. The van der Waals surface area contributed by atoms with Gasteiger partial charge in [-0.1, -0.05) is 12.1 Å². The molecule has 1 aromatic carbocycles. The van der Waals surface area contributed by atoms with Crippen LogP contribution >= 0.6 is 24.0 Å². The number of oxazole rings is 1. The minimum Gasteiger partial charge on any atom is -0.444 e. The van der Waals surface area contributed by atoms with Gasteiger partial charge in [0, 0.05) is 26.2 Å². The van der Waals surface area contributed by atoms with Gasteiger partial charge in [0.15, 0.2) is 5.96 Å². The van der Waals surface area contributed by atoms with Gasteiger partial charge in [-0.05, 0) is 38.5 Å². The maximum absolute atomic E-state index is 13.4. The van der Waals surface area contributed by atoms with E-state index in [1.165, 1.54) is 12.1 Å². The molecular formula is C21H31FIN5O2. The van der Waals surface area contributed by atoms with E-state index in [0.29, 0.717) is 38.2 Å². The lowest BCUT2D eigenvalue weighted by atomic mass is 10.0. The number of halogens is 2. The van der Waals surface area contributed by atoms with Gasteiger partial charge in [-0.25, -0.2) is 14.4 Å². The lowest BCUT2D eigenvalue weighted by Gasteiger charge is -2.35. The van der Waals surface area contributed by atoms with Crippen LogP contribution in [0.5, 0.6) is 0 Å². The maximum atomic E-state index is 13.4. The highest BCUT2D eigenvalue weighted by Crippen LogP contribution is 2.21. The second-order valence-electron chi connectivity index (χ2n) is 7.04. The number of hydrogen-bond donors (Lipinski definition) is 2. The van der Waals surface area contributed by atoms with Gasteiger partial charge in [0.2, 0.25) is 5.89 Å². The van der Waals surface area contributed by atoms with Gasteiger partial charge in [-0.3, -0.25) is 4.90 Å². The molecule has 1 unspecified atom stereocenters. The minimum atomic E-state index is -0.228. The fourth-order valence-electron chi connectivity index (χ4n) is 3.32. The van der Waals surface area contributed by atoms with Crippen LogP contribution in [0.4, 0.5) is 4.39 Å². The zero-order chi connectivity index (χ0) is 20.6. The molecule has 30 heavy (non-hydrogen) atoms.